The lowest BCUT2D eigenvalue weighted by Gasteiger charge is -2.22. The number of carbonyl (C=O) groups is 2. The number of rotatable bonds is 9. The zero-order valence-electron chi connectivity index (χ0n) is 18.1. The van der Waals surface area contributed by atoms with Crippen molar-refractivity contribution in [2.45, 2.75) is 45.1 Å². The van der Waals surface area contributed by atoms with Gasteiger partial charge in [-0.2, -0.15) is 0 Å². The van der Waals surface area contributed by atoms with Gasteiger partial charge in [0.1, 0.15) is 5.56 Å². The van der Waals surface area contributed by atoms with E-state index in [-0.39, 0.29) is 29.3 Å². The molecular weight excluding hydrogens is 414 g/mol. The van der Waals surface area contributed by atoms with Gasteiger partial charge in [-0.25, -0.2) is 0 Å². The van der Waals surface area contributed by atoms with Crippen LogP contribution >= 0.6 is 12.4 Å². The van der Waals surface area contributed by atoms with Crippen molar-refractivity contribution < 1.29 is 9.59 Å². The maximum absolute atomic E-state index is 12.8. The normalized spacial score (nSPS) is 14.0. The number of unbranched alkanes of at least 4 members (excludes halogenated alkanes) is 1. The average Bonchev–Trinajstić information content (AvgIpc) is 2.78. The van der Waals surface area contributed by atoms with E-state index in [9.17, 15) is 14.4 Å². The van der Waals surface area contributed by atoms with Crippen molar-refractivity contribution in [3.8, 4) is 0 Å². The molecule has 1 aliphatic rings. The van der Waals surface area contributed by atoms with Crippen LogP contribution in [0.2, 0.25) is 0 Å². The summed E-state index contributed by atoms with van der Waals surface area (Å²) in [5.41, 5.74) is 0.981. The topological polar surface area (TPSA) is 80.2 Å². The van der Waals surface area contributed by atoms with Crippen LogP contribution < -0.4 is 16.2 Å². The fourth-order valence-corrected chi connectivity index (χ4v) is 4.02. The highest BCUT2D eigenvalue weighted by molar-refractivity contribution is 6.00. The number of aromatic nitrogens is 1. The SMILES string of the molecule is CNC(=O)c1cc(C(=O)CCCCC2CCNCC2)cn(Cc2ccccc2)c1=O.Cl. The summed E-state index contributed by atoms with van der Waals surface area (Å²) in [6.07, 6.45) is 7.48. The number of Topliss-reactive ketones (excluding diaryl/α,β-unsaturated/α-hetero) is 1. The van der Waals surface area contributed by atoms with Crippen molar-refractivity contribution in [1.29, 1.82) is 0 Å². The van der Waals surface area contributed by atoms with Crippen LogP contribution in [0.4, 0.5) is 0 Å². The van der Waals surface area contributed by atoms with Crippen LogP contribution in [-0.2, 0) is 6.54 Å². The second-order valence-electron chi connectivity index (χ2n) is 8.00. The second kappa shape index (κ2) is 12.4. The van der Waals surface area contributed by atoms with Gasteiger partial charge in [0.05, 0.1) is 6.54 Å². The number of hydrogen-bond acceptors (Lipinski definition) is 4. The number of nitrogens with one attached hydrogen (secondary N) is 2. The maximum atomic E-state index is 12.8. The minimum absolute atomic E-state index is 0. The lowest BCUT2D eigenvalue weighted by atomic mass is 9.92. The Hall–Kier alpha value is -2.44. The summed E-state index contributed by atoms with van der Waals surface area (Å²) in [4.78, 5) is 37.8. The Labute approximate surface area is 189 Å². The molecule has 2 aromatic rings. The van der Waals surface area contributed by atoms with Gasteiger partial charge in [-0.3, -0.25) is 14.4 Å². The first-order valence-corrected chi connectivity index (χ1v) is 10.8. The maximum Gasteiger partial charge on any atom is 0.263 e. The fraction of sp³-hybridized carbons (Fsp3) is 0.458. The van der Waals surface area contributed by atoms with E-state index in [0.29, 0.717) is 18.5 Å². The van der Waals surface area contributed by atoms with Gasteiger partial charge in [0.15, 0.2) is 5.78 Å². The first-order chi connectivity index (χ1) is 14.6. The fourth-order valence-electron chi connectivity index (χ4n) is 4.02. The van der Waals surface area contributed by atoms with Gasteiger partial charge in [-0.15, -0.1) is 12.4 Å². The Balaban J connectivity index is 0.00000341. The summed E-state index contributed by atoms with van der Waals surface area (Å²) in [6.45, 7) is 2.50. The van der Waals surface area contributed by atoms with Gasteiger partial charge in [-0.05, 0) is 49.9 Å². The lowest BCUT2D eigenvalue weighted by Crippen LogP contribution is -2.32. The van der Waals surface area contributed by atoms with Gasteiger partial charge < -0.3 is 15.2 Å². The van der Waals surface area contributed by atoms with Crippen LogP contribution in [0, 0.1) is 5.92 Å². The third-order valence-electron chi connectivity index (χ3n) is 5.80. The van der Waals surface area contributed by atoms with E-state index < -0.39 is 5.91 Å². The first kappa shape index (κ1) is 24.8. The molecule has 1 aliphatic heterocycles. The van der Waals surface area contributed by atoms with E-state index in [1.807, 2.05) is 30.3 Å². The molecule has 0 saturated carbocycles. The molecule has 3 rings (SSSR count). The molecule has 0 bridgehead atoms. The summed E-state index contributed by atoms with van der Waals surface area (Å²) in [6, 6.07) is 11.0. The van der Waals surface area contributed by atoms with Gasteiger partial charge in [-0.1, -0.05) is 43.2 Å². The van der Waals surface area contributed by atoms with Crippen molar-refractivity contribution in [3.63, 3.8) is 0 Å². The molecule has 1 aromatic heterocycles. The van der Waals surface area contributed by atoms with E-state index in [2.05, 4.69) is 10.6 Å². The molecule has 1 saturated heterocycles. The molecule has 168 valence electrons. The zero-order chi connectivity index (χ0) is 21.3. The highest BCUT2D eigenvalue weighted by Crippen LogP contribution is 2.20. The van der Waals surface area contributed by atoms with E-state index in [1.165, 1.54) is 30.5 Å². The van der Waals surface area contributed by atoms with Crippen LogP contribution in [-0.4, -0.2) is 36.4 Å². The van der Waals surface area contributed by atoms with Crippen molar-refractivity contribution >= 4 is 24.1 Å². The molecule has 6 nitrogen and oxygen atoms in total. The van der Waals surface area contributed by atoms with Gasteiger partial charge in [0, 0.05) is 25.2 Å². The predicted octanol–water partition coefficient (Wildman–Crippen LogP) is 3.42. The van der Waals surface area contributed by atoms with Gasteiger partial charge in [0.2, 0.25) is 0 Å². The van der Waals surface area contributed by atoms with E-state index in [1.54, 1.807) is 6.20 Å². The molecule has 1 amide bonds. The minimum Gasteiger partial charge on any atom is -0.355 e. The molecule has 2 heterocycles. The lowest BCUT2D eigenvalue weighted by molar-refractivity contribution is 0.0961. The van der Waals surface area contributed by atoms with Crippen molar-refractivity contribution in [3.05, 3.63) is 69.6 Å². The first-order valence-electron chi connectivity index (χ1n) is 10.8. The Bertz CT molecular complexity index is 921. The molecule has 0 spiro atoms. The molecule has 7 heteroatoms. The summed E-state index contributed by atoms with van der Waals surface area (Å²) in [5, 5.41) is 5.88. The minimum atomic E-state index is -0.470. The quantitative estimate of drug-likeness (QED) is 0.457. The number of pyridine rings is 1. The number of amides is 1. The molecule has 0 radical (unpaired) electrons. The smallest absolute Gasteiger partial charge is 0.263 e. The summed E-state index contributed by atoms with van der Waals surface area (Å²) in [7, 11) is 1.48. The molecule has 0 atom stereocenters. The zero-order valence-corrected chi connectivity index (χ0v) is 18.9. The predicted molar refractivity (Wildman–Crippen MR) is 125 cm³/mol. The molecule has 1 aromatic carbocycles. The summed E-state index contributed by atoms with van der Waals surface area (Å²) < 4.78 is 1.46. The number of benzene rings is 1. The number of ketones is 1. The molecule has 0 unspecified atom stereocenters. The highest BCUT2D eigenvalue weighted by Gasteiger charge is 2.17. The third kappa shape index (κ3) is 7.04. The number of carbonyl (C=O) groups excluding carboxylic acids is 2. The van der Waals surface area contributed by atoms with E-state index >= 15 is 0 Å². The Morgan fingerprint density at radius 1 is 1.13 bits per heavy atom. The summed E-state index contributed by atoms with van der Waals surface area (Å²) >= 11 is 0. The molecule has 1 fully saturated rings. The average molecular weight is 446 g/mol. The third-order valence-corrected chi connectivity index (χ3v) is 5.80. The van der Waals surface area contributed by atoms with E-state index in [0.717, 1.165) is 43.8 Å². The molecular formula is C24H32ClN3O3. The van der Waals surface area contributed by atoms with Gasteiger partial charge in [0.25, 0.3) is 11.5 Å². The second-order valence-corrected chi connectivity index (χ2v) is 8.00. The standard InChI is InChI=1S/C24H31N3O3.ClH/c1-25-23(29)21-15-20(17-27(24(21)30)16-19-8-3-2-4-9-19)22(28)10-6-5-7-18-11-13-26-14-12-18;/h2-4,8-9,15,17-18,26H,5-7,10-14,16H2,1H3,(H,25,29);1H. The number of nitrogens with zero attached hydrogens (tertiary/aromatic N) is 1. The number of halogens is 1. The monoisotopic (exact) mass is 445 g/mol. The number of piperidine rings is 1. The molecule has 2 N–H and O–H groups in total. The van der Waals surface area contributed by atoms with Crippen LogP contribution in [0.15, 0.2) is 47.4 Å². The molecule has 0 aliphatic carbocycles. The van der Waals surface area contributed by atoms with Crippen molar-refractivity contribution in [2.24, 2.45) is 5.92 Å². The largest absolute Gasteiger partial charge is 0.355 e. The summed E-state index contributed by atoms with van der Waals surface area (Å²) in [5.74, 6) is 0.267. The van der Waals surface area contributed by atoms with Crippen LogP contribution in [0.3, 0.4) is 0 Å². The number of hydrogen-bond donors (Lipinski definition) is 2. The van der Waals surface area contributed by atoms with Gasteiger partial charge >= 0.3 is 0 Å². The van der Waals surface area contributed by atoms with Crippen LogP contribution in [0.25, 0.3) is 0 Å². The molecule has 31 heavy (non-hydrogen) atoms. The van der Waals surface area contributed by atoms with Crippen molar-refractivity contribution in [1.82, 2.24) is 15.2 Å². The Morgan fingerprint density at radius 2 is 1.84 bits per heavy atom. The Morgan fingerprint density at radius 3 is 2.52 bits per heavy atom. The highest BCUT2D eigenvalue weighted by atomic mass is 35.5. The van der Waals surface area contributed by atoms with E-state index in [4.69, 9.17) is 0 Å². The van der Waals surface area contributed by atoms with Crippen molar-refractivity contribution in [2.75, 3.05) is 20.1 Å². The Kier molecular flexibility index (Phi) is 9.95. The van der Waals surface area contributed by atoms with Crippen LogP contribution in [0.5, 0.6) is 0 Å². The van der Waals surface area contributed by atoms with Crippen LogP contribution in [0.1, 0.15) is 64.8 Å².